The van der Waals surface area contributed by atoms with Crippen molar-refractivity contribution < 1.29 is 19.1 Å². The maximum atomic E-state index is 13.1. The predicted octanol–water partition coefficient (Wildman–Crippen LogP) is 7.03. The molecule has 3 aromatic heterocycles. The number of aromatic nitrogens is 3. The van der Waals surface area contributed by atoms with Crippen molar-refractivity contribution in [1.82, 2.24) is 30.5 Å². The molecule has 0 aliphatic carbocycles. The second-order valence-electron chi connectivity index (χ2n) is 11.9. The molecule has 2 amide bonds. The van der Waals surface area contributed by atoms with Gasteiger partial charge in [0.1, 0.15) is 13.2 Å². The summed E-state index contributed by atoms with van der Waals surface area (Å²) >= 11 is 2.87. The van der Waals surface area contributed by atoms with Crippen molar-refractivity contribution in [3.05, 3.63) is 147 Å². The molecule has 10 nitrogen and oxygen atoms in total. The first-order valence-corrected chi connectivity index (χ1v) is 18.1. The van der Waals surface area contributed by atoms with Gasteiger partial charge >= 0.3 is 12.2 Å². The Bertz CT molecular complexity index is 1810. The smallest absolute Gasteiger partial charge is 0.407 e. The number of ether oxygens (including phenoxy) is 2. The summed E-state index contributed by atoms with van der Waals surface area (Å²) in [6.45, 7) is 1.77. The second-order valence-corrected chi connectivity index (χ2v) is 13.8. The topological polar surface area (TPSA) is 119 Å². The number of benzene rings is 3. The predicted molar refractivity (Wildman–Crippen MR) is 196 cm³/mol. The summed E-state index contributed by atoms with van der Waals surface area (Å²) in [5, 5.41) is 7.29. The molecule has 50 heavy (non-hydrogen) atoms. The second kappa shape index (κ2) is 18.0. The number of fused-ring (bicyclic) bond motifs is 1. The lowest BCUT2D eigenvalue weighted by atomic mass is 10.0. The van der Waals surface area contributed by atoms with Gasteiger partial charge in [0, 0.05) is 55.7 Å². The van der Waals surface area contributed by atoms with Crippen LogP contribution in [0.1, 0.15) is 26.4 Å². The Morgan fingerprint density at radius 1 is 0.660 bits per heavy atom. The van der Waals surface area contributed by atoms with E-state index in [1.165, 1.54) is 22.7 Å². The lowest BCUT2D eigenvalue weighted by Gasteiger charge is -2.31. The van der Waals surface area contributed by atoms with Gasteiger partial charge in [0.25, 0.3) is 0 Å². The zero-order valence-electron chi connectivity index (χ0n) is 27.4. The van der Waals surface area contributed by atoms with Gasteiger partial charge in [0.2, 0.25) is 0 Å². The molecule has 0 spiro atoms. The molecule has 0 aliphatic rings. The Morgan fingerprint density at radius 3 is 1.70 bits per heavy atom. The first-order chi connectivity index (χ1) is 24.6. The molecule has 3 heterocycles. The minimum Gasteiger partial charge on any atom is -0.444 e. The molecule has 6 aromatic rings. The van der Waals surface area contributed by atoms with Crippen LogP contribution >= 0.6 is 22.7 Å². The van der Waals surface area contributed by atoms with Crippen molar-refractivity contribution in [3.63, 3.8) is 0 Å². The number of nitrogens with one attached hydrogen (secondary N) is 2. The Morgan fingerprint density at radius 2 is 1.18 bits per heavy atom. The van der Waals surface area contributed by atoms with Crippen LogP contribution in [0.15, 0.2) is 121 Å². The summed E-state index contributed by atoms with van der Waals surface area (Å²) < 4.78 is 11.2. The van der Waals surface area contributed by atoms with Crippen molar-refractivity contribution >= 4 is 45.8 Å². The molecule has 12 heteroatoms. The van der Waals surface area contributed by atoms with Crippen LogP contribution in [0.2, 0.25) is 0 Å². The monoisotopic (exact) mass is 706 g/mol. The van der Waals surface area contributed by atoms with Crippen molar-refractivity contribution in [3.8, 4) is 0 Å². The number of carbonyl (C=O) groups is 2. The minimum absolute atomic E-state index is 0.147. The van der Waals surface area contributed by atoms with Gasteiger partial charge in [0.05, 0.1) is 26.3 Å². The van der Waals surface area contributed by atoms with Crippen LogP contribution in [0.25, 0.3) is 10.9 Å². The van der Waals surface area contributed by atoms with Crippen LogP contribution in [-0.2, 0) is 42.1 Å². The fourth-order valence-corrected chi connectivity index (χ4v) is 6.74. The molecule has 6 rings (SSSR count). The van der Waals surface area contributed by atoms with Crippen molar-refractivity contribution in [2.24, 2.45) is 0 Å². The number of thiazole rings is 2. The van der Waals surface area contributed by atoms with Gasteiger partial charge in [-0.05, 0) is 41.7 Å². The number of amides is 2. The lowest BCUT2D eigenvalue weighted by molar-refractivity contribution is 0.126. The largest absolute Gasteiger partial charge is 0.444 e. The van der Waals surface area contributed by atoms with E-state index in [4.69, 9.17) is 14.5 Å². The molecule has 0 radical (unpaired) electrons. The fourth-order valence-electron chi connectivity index (χ4n) is 5.72. The molecule has 0 fully saturated rings. The van der Waals surface area contributed by atoms with E-state index in [2.05, 4.69) is 31.6 Å². The van der Waals surface area contributed by atoms with E-state index in [0.717, 1.165) is 37.3 Å². The molecule has 2 atom stereocenters. The summed E-state index contributed by atoms with van der Waals surface area (Å²) in [4.78, 5) is 43.1. The number of pyridine rings is 1. The standard InChI is InChI=1S/C38H38N6O4S2/c45-37(47-24-34-19-39-26-49-34)42-32(16-28-9-3-1-4-10-28)22-44(21-30-15-31-13-7-8-14-36(31)41-18-30)23-33(17-29-11-5-2-6-12-29)43-38(46)48-25-35-20-40-27-50-35/h1-15,18-20,26-27,32-33H,16-17,21-25H2,(H,42,45)(H,43,46)/t32-,33+. The Hall–Kier alpha value is -5.17. The maximum Gasteiger partial charge on any atom is 0.407 e. The van der Waals surface area contributed by atoms with E-state index < -0.39 is 12.2 Å². The van der Waals surface area contributed by atoms with Crippen LogP contribution in [0.3, 0.4) is 0 Å². The Kier molecular flexibility index (Phi) is 12.5. The first kappa shape index (κ1) is 34.7. The van der Waals surface area contributed by atoms with Gasteiger partial charge in [0.15, 0.2) is 0 Å². The molecule has 256 valence electrons. The third-order valence-electron chi connectivity index (χ3n) is 7.96. The van der Waals surface area contributed by atoms with E-state index in [1.54, 1.807) is 23.4 Å². The molecule has 0 saturated heterocycles. The summed E-state index contributed by atoms with van der Waals surface area (Å²) in [5.41, 5.74) is 7.52. The SMILES string of the molecule is O=C(N[C@H](Cc1ccccc1)CN(Cc1cnc2ccccc2c1)C[C@H](Cc1ccccc1)NC(=O)OCc1cncs1)OCc1cncs1. The molecular formula is C38H38N6O4S2. The molecule has 3 aromatic carbocycles. The average Bonchev–Trinajstić information content (AvgIpc) is 3.86. The number of carbonyl (C=O) groups excluding carboxylic acids is 2. The highest BCUT2D eigenvalue weighted by Gasteiger charge is 2.24. The summed E-state index contributed by atoms with van der Waals surface area (Å²) in [7, 11) is 0. The zero-order chi connectivity index (χ0) is 34.4. The Balaban J connectivity index is 1.24. The number of rotatable bonds is 16. The normalized spacial score (nSPS) is 12.3. The molecular weight excluding hydrogens is 669 g/mol. The molecule has 0 unspecified atom stereocenters. The van der Waals surface area contributed by atoms with E-state index >= 15 is 0 Å². The Labute approximate surface area is 299 Å². The number of hydrogen-bond donors (Lipinski definition) is 2. The van der Waals surface area contributed by atoms with Crippen LogP contribution in [0, 0.1) is 0 Å². The van der Waals surface area contributed by atoms with Crippen molar-refractivity contribution in [2.45, 2.75) is 44.7 Å². The highest BCUT2D eigenvalue weighted by atomic mass is 32.1. The van der Waals surface area contributed by atoms with E-state index in [0.29, 0.717) is 32.5 Å². The van der Waals surface area contributed by atoms with Gasteiger partial charge in [-0.25, -0.2) is 9.59 Å². The molecule has 0 bridgehead atoms. The highest BCUT2D eigenvalue weighted by molar-refractivity contribution is 7.09. The van der Waals surface area contributed by atoms with Gasteiger partial charge < -0.3 is 20.1 Å². The molecule has 0 saturated carbocycles. The number of hydrogen-bond acceptors (Lipinski definition) is 10. The van der Waals surface area contributed by atoms with Crippen LogP contribution in [0.5, 0.6) is 0 Å². The average molecular weight is 707 g/mol. The van der Waals surface area contributed by atoms with Crippen molar-refractivity contribution in [1.29, 1.82) is 0 Å². The van der Waals surface area contributed by atoms with Crippen LogP contribution < -0.4 is 10.6 Å². The summed E-state index contributed by atoms with van der Waals surface area (Å²) in [5.74, 6) is 0. The third-order valence-corrected chi connectivity index (χ3v) is 9.47. The minimum atomic E-state index is -0.503. The van der Waals surface area contributed by atoms with Gasteiger partial charge in [-0.2, -0.15) is 0 Å². The summed E-state index contributed by atoms with van der Waals surface area (Å²) in [6, 6.07) is 29.6. The third kappa shape index (κ3) is 10.9. The quantitative estimate of drug-likeness (QED) is 0.110. The fraction of sp³-hybridized carbons (Fsp3) is 0.237. The van der Waals surface area contributed by atoms with Crippen molar-refractivity contribution in [2.75, 3.05) is 13.1 Å². The number of nitrogens with zero attached hydrogens (tertiary/aromatic N) is 4. The summed E-state index contributed by atoms with van der Waals surface area (Å²) in [6.07, 6.45) is 5.44. The lowest BCUT2D eigenvalue weighted by Crippen LogP contribution is -2.50. The van der Waals surface area contributed by atoms with E-state index in [1.807, 2.05) is 91.1 Å². The molecule has 2 N–H and O–H groups in total. The number of para-hydroxylation sites is 1. The van der Waals surface area contributed by atoms with Crippen LogP contribution in [0.4, 0.5) is 9.59 Å². The van der Waals surface area contributed by atoms with Gasteiger partial charge in [-0.3, -0.25) is 19.9 Å². The van der Waals surface area contributed by atoms with Gasteiger partial charge in [-0.15, -0.1) is 22.7 Å². The maximum absolute atomic E-state index is 13.1. The zero-order valence-corrected chi connectivity index (χ0v) is 29.0. The highest BCUT2D eigenvalue weighted by Crippen LogP contribution is 2.17. The van der Waals surface area contributed by atoms with Gasteiger partial charge in [-0.1, -0.05) is 78.9 Å². The van der Waals surface area contributed by atoms with E-state index in [9.17, 15) is 9.59 Å². The van der Waals surface area contributed by atoms with Crippen LogP contribution in [-0.4, -0.2) is 57.2 Å². The number of alkyl carbamates (subject to hydrolysis) is 2. The first-order valence-electron chi connectivity index (χ1n) is 16.3. The molecule has 0 aliphatic heterocycles. The van der Waals surface area contributed by atoms with E-state index in [-0.39, 0.29) is 25.3 Å².